The quantitative estimate of drug-likeness (QED) is 0.565. The summed E-state index contributed by atoms with van der Waals surface area (Å²) in [6.07, 6.45) is 0.669. The van der Waals surface area contributed by atoms with Crippen LogP contribution in [0.2, 0.25) is 10.0 Å². The van der Waals surface area contributed by atoms with Crippen LogP contribution >= 0.6 is 23.2 Å². The van der Waals surface area contributed by atoms with E-state index in [9.17, 15) is 4.79 Å². The van der Waals surface area contributed by atoms with Crippen LogP contribution in [0.25, 0.3) is 11.4 Å². The standard InChI is InChI=1S/C23H22Cl2N4O/c1-3-28(2)22-19-14-29(23(30)16-11-17(24)13-18(25)12-16)10-9-20(19)26-21(27-22)15-7-5-4-6-8-15/h4-8,11-13H,3,9-10,14H2,1-2H3. The summed E-state index contributed by atoms with van der Waals surface area (Å²) in [5.41, 5.74) is 3.46. The monoisotopic (exact) mass is 440 g/mol. The molecule has 3 aromatic rings. The lowest BCUT2D eigenvalue weighted by Crippen LogP contribution is -2.38. The molecule has 5 nitrogen and oxygen atoms in total. The van der Waals surface area contributed by atoms with Gasteiger partial charge in [0.2, 0.25) is 0 Å². The van der Waals surface area contributed by atoms with Crippen molar-refractivity contribution in [1.82, 2.24) is 14.9 Å². The fourth-order valence-corrected chi connectivity index (χ4v) is 4.14. The fourth-order valence-electron chi connectivity index (χ4n) is 3.61. The Kier molecular flexibility index (Phi) is 5.93. The van der Waals surface area contributed by atoms with E-state index >= 15 is 0 Å². The second-order valence-corrected chi connectivity index (χ2v) is 8.18. The molecule has 0 aliphatic carbocycles. The molecule has 0 atom stereocenters. The molecule has 0 bridgehead atoms. The Morgan fingerprint density at radius 2 is 1.80 bits per heavy atom. The number of carbonyl (C=O) groups excluding carboxylic acids is 1. The minimum atomic E-state index is -0.0951. The highest BCUT2D eigenvalue weighted by atomic mass is 35.5. The maximum Gasteiger partial charge on any atom is 0.254 e. The van der Waals surface area contributed by atoms with Crippen LogP contribution in [0.5, 0.6) is 0 Å². The first kappa shape index (κ1) is 20.6. The highest BCUT2D eigenvalue weighted by Gasteiger charge is 2.27. The molecule has 0 saturated carbocycles. The number of rotatable bonds is 4. The Morgan fingerprint density at radius 3 is 2.47 bits per heavy atom. The van der Waals surface area contributed by atoms with Crippen LogP contribution in [0, 0.1) is 0 Å². The number of halogens is 2. The molecule has 1 aliphatic rings. The van der Waals surface area contributed by atoms with Gasteiger partial charge < -0.3 is 9.80 Å². The average molecular weight is 441 g/mol. The van der Waals surface area contributed by atoms with E-state index in [1.165, 1.54) is 0 Å². The van der Waals surface area contributed by atoms with Crippen LogP contribution in [0.4, 0.5) is 5.82 Å². The summed E-state index contributed by atoms with van der Waals surface area (Å²) < 4.78 is 0. The normalized spacial score (nSPS) is 13.1. The number of hydrogen-bond acceptors (Lipinski definition) is 4. The van der Waals surface area contributed by atoms with Crippen LogP contribution in [0.1, 0.15) is 28.5 Å². The van der Waals surface area contributed by atoms with E-state index in [0.29, 0.717) is 40.9 Å². The van der Waals surface area contributed by atoms with Crippen molar-refractivity contribution in [2.24, 2.45) is 0 Å². The third-order valence-corrected chi connectivity index (χ3v) is 5.74. The highest BCUT2D eigenvalue weighted by molar-refractivity contribution is 6.35. The van der Waals surface area contributed by atoms with Gasteiger partial charge in [-0.25, -0.2) is 9.97 Å². The van der Waals surface area contributed by atoms with Gasteiger partial charge in [0.05, 0.1) is 12.2 Å². The predicted molar refractivity (Wildman–Crippen MR) is 121 cm³/mol. The van der Waals surface area contributed by atoms with Crippen LogP contribution in [-0.4, -0.2) is 40.9 Å². The Bertz CT molecular complexity index is 1070. The van der Waals surface area contributed by atoms with Gasteiger partial charge >= 0.3 is 0 Å². The van der Waals surface area contributed by atoms with Gasteiger partial charge in [-0.2, -0.15) is 0 Å². The largest absolute Gasteiger partial charge is 0.360 e. The molecule has 0 radical (unpaired) electrons. The number of amides is 1. The lowest BCUT2D eigenvalue weighted by molar-refractivity contribution is 0.0733. The average Bonchev–Trinajstić information content (AvgIpc) is 2.76. The second-order valence-electron chi connectivity index (χ2n) is 7.31. The van der Waals surface area contributed by atoms with Crippen molar-refractivity contribution in [3.8, 4) is 11.4 Å². The molecule has 1 aliphatic heterocycles. The Labute approximate surface area is 186 Å². The number of hydrogen-bond donors (Lipinski definition) is 0. The zero-order chi connectivity index (χ0) is 21.3. The summed E-state index contributed by atoms with van der Waals surface area (Å²) in [7, 11) is 2.01. The molecule has 7 heteroatoms. The molecule has 2 aromatic carbocycles. The van der Waals surface area contributed by atoms with E-state index in [2.05, 4.69) is 11.8 Å². The highest BCUT2D eigenvalue weighted by Crippen LogP contribution is 2.30. The zero-order valence-electron chi connectivity index (χ0n) is 16.9. The topological polar surface area (TPSA) is 49.3 Å². The van der Waals surface area contributed by atoms with Crippen molar-refractivity contribution < 1.29 is 4.79 Å². The van der Waals surface area contributed by atoms with E-state index in [-0.39, 0.29) is 5.91 Å². The Morgan fingerprint density at radius 1 is 1.10 bits per heavy atom. The smallest absolute Gasteiger partial charge is 0.254 e. The maximum atomic E-state index is 13.1. The van der Waals surface area contributed by atoms with Crippen LogP contribution in [-0.2, 0) is 13.0 Å². The van der Waals surface area contributed by atoms with Crippen molar-refractivity contribution in [3.05, 3.63) is 75.4 Å². The zero-order valence-corrected chi connectivity index (χ0v) is 18.4. The molecule has 0 saturated heterocycles. The van der Waals surface area contributed by atoms with Crippen LogP contribution in [0.15, 0.2) is 48.5 Å². The van der Waals surface area contributed by atoms with E-state index in [1.54, 1.807) is 18.2 Å². The predicted octanol–water partition coefficient (Wildman–Crippen LogP) is 5.11. The first-order valence-corrected chi connectivity index (χ1v) is 10.6. The number of carbonyl (C=O) groups is 1. The Balaban J connectivity index is 1.71. The summed E-state index contributed by atoms with van der Waals surface area (Å²) in [4.78, 5) is 26.7. The molecule has 154 valence electrons. The van der Waals surface area contributed by atoms with Gasteiger partial charge in [0.1, 0.15) is 5.82 Å². The molecular weight excluding hydrogens is 419 g/mol. The van der Waals surface area contributed by atoms with Gasteiger partial charge in [-0.1, -0.05) is 53.5 Å². The molecule has 0 spiro atoms. The van der Waals surface area contributed by atoms with Crippen LogP contribution in [0.3, 0.4) is 0 Å². The molecule has 0 unspecified atom stereocenters. The lowest BCUT2D eigenvalue weighted by atomic mass is 10.0. The second kappa shape index (κ2) is 8.62. The summed E-state index contributed by atoms with van der Waals surface area (Å²) in [6.45, 7) is 3.91. The van der Waals surface area contributed by atoms with E-state index in [0.717, 1.165) is 29.2 Å². The number of anilines is 1. The van der Waals surface area contributed by atoms with Crippen molar-refractivity contribution in [2.75, 3.05) is 25.0 Å². The number of nitrogens with zero attached hydrogens (tertiary/aromatic N) is 4. The summed E-state index contributed by atoms with van der Waals surface area (Å²) in [5, 5.41) is 0.899. The molecule has 0 N–H and O–H groups in total. The third-order valence-electron chi connectivity index (χ3n) is 5.30. The van der Waals surface area contributed by atoms with Gasteiger partial charge in [0.15, 0.2) is 5.82 Å². The lowest BCUT2D eigenvalue weighted by Gasteiger charge is -2.32. The number of benzene rings is 2. The molecule has 0 fully saturated rings. The summed E-state index contributed by atoms with van der Waals surface area (Å²) in [5.74, 6) is 1.48. The van der Waals surface area contributed by atoms with Gasteiger partial charge in [-0.15, -0.1) is 0 Å². The van der Waals surface area contributed by atoms with Crippen molar-refractivity contribution >= 4 is 34.9 Å². The van der Waals surface area contributed by atoms with Gasteiger partial charge in [-0.05, 0) is 25.1 Å². The fraction of sp³-hybridized carbons (Fsp3) is 0.261. The molecular formula is C23H22Cl2N4O. The van der Waals surface area contributed by atoms with E-state index < -0.39 is 0 Å². The number of aromatic nitrogens is 2. The maximum absolute atomic E-state index is 13.1. The minimum Gasteiger partial charge on any atom is -0.360 e. The number of fused-ring (bicyclic) bond motifs is 1. The van der Waals surface area contributed by atoms with E-state index in [4.69, 9.17) is 33.2 Å². The minimum absolute atomic E-state index is 0.0951. The molecule has 1 aromatic heterocycles. The van der Waals surface area contributed by atoms with Crippen LogP contribution < -0.4 is 4.90 Å². The van der Waals surface area contributed by atoms with Gasteiger partial charge in [-0.3, -0.25) is 4.79 Å². The first-order valence-electron chi connectivity index (χ1n) is 9.88. The molecule has 2 heterocycles. The SMILES string of the molecule is CCN(C)c1nc(-c2ccccc2)nc2c1CN(C(=O)c1cc(Cl)cc(Cl)c1)CC2. The van der Waals surface area contributed by atoms with Gasteiger partial charge in [0, 0.05) is 53.3 Å². The van der Waals surface area contributed by atoms with Crippen molar-refractivity contribution in [1.29, 1.82) is 0 Å². The molecule has 4 rings (SSSR count). The Hall–Kier alpha value is -2.63. The summed E-state index contributed by atoms with van der Waals surface area (Å²) >= 11 is 12.2. The van der Waals surface area contributed by atoms with Gasteiger partial charge in [0.25, 0.3) is 5.91 Å². The van der Waals surface area contributed by atoms with E-state index in [1.807, 2.05) is 42.3 Å². The van der Waals surface area contributed by atoms with Crippen molar-refractivity contribution in [2.45, 2.75) is 19.9 Å². The molecule has 30 heavy (non-hydrogen) atoms. The third kappa shape index (κ3) is 4.13. The van der Waals surface area contributed by atoms with Crippen molar-refractivity contribution in [3.63, 3.8) is 0 Å². The molecule has 1 amide bonds. The first-order chi connectivity index (χ1) is 14.5. The summed E-state index contributed by atoms with van der Waals surface area (Å²) in [6, 6.07) is 14.9.